The number of nitrogens with zero attached hydrogens (tertiary/aromatic N) is 1. The van der Waals surface area contributed by atoms with Crippen molar-refractivity contribution in [2.45, 2.75) is 43.7 Å². The molecule has 2 aromatic carbocycles. The van der Waals surface area contributed by atoms with E-state index in [-0.39, 0.29) is 21.9 Å². The van der Waals surface area contributed by atoms with Crippen molar-refractivity contribution in [3.05, 3.63) is 58.1 Å². The molecule has 1 amide bonds. The maximum absolute atomic E-state index is 12.8. The largest absolute Gasteiger partial charge is 0.479 e. The molecule has 0 spiro atoms. The summed E-state index contributed by atoms with van der Waals surface area (Å²) >= 11 is 12.1. The summed E-state index contributed by atoms with van der Waals surface area (Å²) in [5.41, 5.74) is 1.01. The van der Waals surface area contributed by atoms with Crippen LogP contribution in [0.25, 0.3) is 0 Å². The van der Waals surface area contributed by atoms with Crippen molar-refractivity contribution in [1.29, 1.82) is 0 Å². The lowest BCUT2D eigenvalue weighted by Crippen LogP contribution is -2.49. The van der Waals surface area contributed by atoms with Gasteiger partial charge in [0.25, 0.3) is 5.91 Å². The number of halogens is 2. The van der Waals surface area contributed by atoms with E-state index in [1.807, 2.05) is 6.92 Å². The quantitative estimate of drug-likeness (QED) is 0.690. The summed E-state index contributed by atoms with van der Waals surface area (Å²) in [5, 5.41) is 3.54. The predicted molar refractivity (Wildman–Crippen MR) is 118 cm³/mol. The Morgan fingerprint density at radius 2 is 1.77 bits per heavy atom. The summed E-state index contributed by atoms with van der Waals surface area (Å²) in [6.45, 7) is 4.23. The van der Waals surface area contributed by atoms with Crippen LogP contribution >= 0.6 is 23.2 Å². The number of sulfonamides is 1. The Kier molecular flexibility index (Phi) is 7.29. The van der Waals surface area contributed by atoms with Crippen LogP contribution in [0.5, 0.6) is 5.75 Å². The molecule has 1 heterocycles. The number of rotatable bonds is 6. The molecule has 1 atom stereocenters. The first-order chi connectivity index (χ1) is 14.2. The number of piperidine rings is 1. The third kappa shape index (κ3) is 5.27. The van der Waals surface area contributed by atoms with E-state index < -0.39 is 16.1 Å². The van der Waals surface area contributed by atoms with Gasteiger partial charge in [-0.25, -0.2) is 8.42 Å². The van der Waals surface area contributed by atoms with E-state index in [0.717, 1.165) is 5.56 Å². The van der Waals surface area contributed by atoms with Gasteiger partial charge in [0.1, 0.15) is 10.8 Å². The number of hydrogen-bond acceptors (Lipinski definition) is 4. The molecule has 9 heteroatoms. The van der Waals surface area contributed by atoms with Gasteiger partial charge in [-0.3, -0.25) is 4.79 Å². The molecule has 0 bridgehead atoms. The fraction of sp³-hybridized carbons (Fsp3) is 0.381. The van der Waals surface area contributed by atoms with Crippen LogP contribution in [0.15, 0.2) is 47.4 Å². The third-order valence-corrected chi connectivity index (χ3v) is 7.76. The van der Waals surface area contributed by atoms with Crippen LogP contribution < -0.4 is 10.1 Å². The number of carbonyl (C=O) groups is 1. The molecule has 1 unspecified atom stereocenters. The van der Waals surface area contributed by atoms with Gasteiger partial charge in [0.05, 0.1) is 9.92 Å². The molecule has 1 fully saturated rings. The average molecular weight is 471 g/mol. The van der Waals surface area contributed by atoms with Crippen LogP contribution in [-0.4, -0.2) is 43.9 Å². The van der Waals surface area contributed by atoms with Crippen molar-refractivity contribution in [3.63, 3.8) is 0 Å². The number of aryl methyl sites for hydroxylation is 1. The Morgan fingerprint density at radius 1 is 1.13 bits per heavy atom. The minimum atomic E-state index is -3.53. The highest BCUT2D eigenvalue weighted by molar-refractivity contribution is 7.89. The van der Waals surface area contributed by atoms with Crippen LogP contribution in [-0.2, 0) is 14.8 Å². The van der Waals surface area contributed by atoms with E-state index in [1.54, 1.807) is 49.4 Å². The van der Waals surface area contributed by atoms with Gasteiger partial charge in [-0.1, -0.05) is 47.0 Å². The van der Waals surface area contributed by atoms with E-state index in [1.165, 1.54) is 4.31 Å². The minimum Gasteiger partial charge on any atom is -0.479 e. The Labute approximate surface area is 187 Å². The third-order valence-electron chi connectivity index (χ3n) is 5.05. The number of ether oxygens (including phenoxy) is 1. The molecule has 6 nitrogen and oxygen atoms in total. The van der Waals surface area contributed by atoms with Crippen molar-refractivity contribution in [1.82, 2.24) is 9.62 Å². The van der Waals surface area contributed by atoms with Crippen molar-refractivity contribution in [2.24, 2.45) is 0 Å². The second-order valence-electron chi connectivity index (χ2n) is 7.31. The summed E-state index contributed by atoms with van der Waals surface area (Å²) in [5.74, 6) is 0.0525. The molecule has 0 saturated carbocycles. The predicted octanol–water partition coefficient (Wildman–Crippen LogP) is 4.04. The Balaban J connectivity index is 1.54. The lowest BCUT2D eigenvalue weighted by atomic mass is 10.1. The highest BCUT2D eigenvalue weighted by atomic mass is 35.5. The summed E-state index contributed by atoms with van der Waals surface area (Å²) in [6.07, 6.45) is 0.290. The summed E-state index contributed by atoms with van der Waals surface area (Å²) in [6, 6.07) is 11.7. The van der Waals surface area contributed by atoms with Crippen LogP contribution in [0.1, 0.15) is 25.3 Å². The first kappa shape index (κ1) is 22.9. The van der Waals surface area contributed by atoms with E-state index in [0.29, 0.717) is 36.7 Å². The molecule has 1 aliphatic heterocycles. The zero-order chi connectivity index (χ0) is 21.9. The molecule has 3 rings (SSSR count). The summed E-state index contributed by atoms with van der Waals surface area (Å²) in [4.78, 5) is 12.8. The van der Waals surface area contributed by atoms with Crippen LogP contribution in [0.2, 0.25) is 10.0 Å². The molecule has 0 aromatic heterocycles. The zero-order valence-corrected chi connectivity index (χ0v) is 19.1. The van der Waals surface area contributed by atoms with Gasteiger partial charge in [-0.05, 0) is 51.0 Å². The Hall–Kier alpha value is -1.80. The van der Waals surface area contributed by atoms with E-state index >= 15 is 0 Å². The molecule has 0 aliphatic carbocycles. The van der Waals surface area contributed by atoms with Gasteiger partial charge in [0.2, 0.25) is 10.0 Å². The summed E-state index contributed by atoms with van der Waals surface area (Å²) < 4.78 is 32.7. The molecule has 1 saturated heterocycles. The second-order valence-corrected chi connectivity index (χ2v) is 10.0. The number of nitrogens with one attached hydrogen (secondary N) is 1. The molecule has 0 radical (unpaired) electrons. The number of benzene rings is 2. The molecule has 1 N–H and O–H groups in total. The number of amides is 1. The SMILES string of the molecule is Cc1ccc(S(=O)(=O)N2CCC(NC(=O)C(C)Oc3cccc(Cl)c3Cl)CC2)cc1. The first-order valence-electron chi connectivity index (χ1n) is 9.66. The van der Waals surface area contributed by atoms with Gasteiger partial charge in [-0.15, -0.1) is 0 Å². The lowest BCUT2D eigenvalue weighted by Gasteiger charge is -2.32. The molecule has 2 aromatic rings. The Morgan fingerprint density at radius 3 is 2.40 bits per heavy atom. The van der Waals surface area contributed by atoms with Gasteiger partial charge in [0, 0.05) is 19.1 Å². The molecular weight excluding hydrogens is 447 g/mol. The number of hydrogen-bond donors (Lipinski definition) is 1. The second kappa shape index (κ2) is 9.56. The van der Waals surface area contributed by atoms with E-state index in [2.05, 4.69) is 5.32 Å². The monoisotopic (exact) mass is 470 g/mol. The lowest BCUT2D eigenvalue weighted by molar-refractivity contribution is -0.128. The smallest absolute Gasteiger partial charge is 0.260 e. The first-order valence-corrected chi connectivity index (χ1v) is 11.9. The molecule has 162 valence electrons. The summed E-state index contributed by atoms with van der Waals surface area (Å²) in [7, 11) is -3.53. The fourth-order valence-corrected chi connectivity index (χ4v) is 5.04. The molecular formula is C21H24Cl2N2O4S. The van der Waals surface area contributed by atoms with Crippen molar-refractivity contribution >= 4 is 39.1 Å². The highest BCUT2D eigenvalue weighted by Crippen LogP contribution is 2.32. The van der Waals surface area contributed by atoms with Gasteiger partial charge in [0.15, 0.2) is 6.10 Å². The van der Waals surface area contributed by atoms with Crippen LogP contribution in [0.3, 0.4) is 0 Å². The van der Waals surface area contributed by atoms with Crippen molar-refractivity contribution < 1.29 is 17.9 Å². The van der Waals surface area contributed by atoms with Crippen molar-refractivity contribution in [2.75, 3.05) is 13.1 Å². The van der Waals surface area contributed by atoms with Gasteiger partial charge in [-0.2, -0.15) is 4.31 Å². The molecule has 1 aliphatic rings. The number of carbonyl (C=O) groups excluding carboxylic acids is 1. The van der Waals surface area contributed by atoms with Gasteiger partial charge < -0.3 is 10.1 Å². The van der Waals surface area contributed by atoms with Crippen molar-refractivity contribution in [3.8, 4) is 5.75 Å². The maximum Gasteiger partial charge on any atom is 0.260 e. The maximum atomic E-state index is 12.8. The zero-order valence-electron chi connectivity index (χ0n) is 16.8. The van der Waals surface area contributed by atoms with Crippen LogP contribution in [0, 0.1) is 6.92 Å². The van der Waals surface area contributed by atoms with E-state index in [9.17, 15) is 13.2 Å². The normalized spacial score (nSPS) is 16.8. The topological polar surface area (TPSA) is 75.7 Å². The Bertz CT molecular complexity index is 1000. The standard InChI is InChI=1S/C21H24Cl2N2O4S/c1-14-6-8-17(9-7-14)30(27,28)25-12-10-16(11-13-25)24-21(26)15(2)29-19-5-3-4-18(22)20(19)23/h3-9,15-16H,10-13H2,1-2H3,(H,24,26). The van der Waals surface area contributed by atoms with Gasteiger partial charge >= 0.3 is 0 Å². The minimum absolute atomic E-state index is 0.122. The van der Waals surface area contributed by atoms with E-state index in [4.69, 9.17) is 27.9 Å². The van der Waals surface area contributed by atoms with Crippen LogP contribution in [0.4, 0.5) is 0 Å². The highest BCUT2D eigenvalue weighted by Gasteiger charge is 2.30. The fourth-order valence-electron chi connectivity index (χ4n) is 3.24. The average Bonchev–Trinajstić information content (AvgIpc) is 2.72. The molecule has 30 heavy (non-hydrogen) atoms.